The van der Waals surface area contributed by atoms with Crippen LogP contribution < -0.4 is 10.6 Å². The molecule has 0 spiro atoms. The number of halogens is 1. The van der Waals surface area contributed by atoms with Gasteiger partial charge in [-0.3, -0.25) is 9.59 Å². The summed E-state index contributed by atoms with van der Waals surface area (Å²) in [6.07, 6.45) is 0.500. The van der Waals surface area contributed by atoms with Gasteiger partial charge in [-0.2, -0.15) is 0 Å². The van der Waals surface area contributed by atoms with Crippen LogP contribution in [-0.2, 0) is 16.1 Å². The van der Waals surface area contributed by atoms with Gasteiger partial charge >= 0.3 is 0 Å². The molecule has 2 amide bonds. The van der Waals surface area contributed by atoms with E-state index < -0.39 is 5.82 Å². The van der Waals surface area contributed by atoms with Crippen LogP contribution in [0.15, 0.2) is 48.5 Å². The summed E-state index contributed by atoms with van der Waals surface area (Å²) in [5, 5.41) is 5.39. The molecule has 1 aliphatic carbocycles. The monoisotopic (exact) mass is 326 g/mol. The molecule has 2 aromatic carbocycles. The molecule has 1 saturated carbocycles. The van der Waals surface area contributed by atoms with Crippen molar-refractivity contribution in [3.05, 3.63) is 65.5 Å². The standard InChI is InChI=1S/C19H19FN2O2/c1-12-6-8-13(9-7-12)11-21-18(23)14-10-15(14)19(24)22-17-5-3-2-4-16(17)20/h2-9,14-15H,10-11H2,1H3,(H,21,23)(H,22,24). The van der Waals surface area contributed by atoms with E-state index in [1.54, 1.807) is 12.1 Å². The number of carbonyl (C=O) groups is 2. The van der Waals surface area contributed by atoms with Crippen LogP contribution in [0.5, 0.6) is 0 Å². The molecule has 1 fully saturated rings. The number of anilines is 1. The maximum absolute atomic E-state index is 13.5. The normalized spacial score (nSPS) is 18.8. The molecule has 1 aliphatic rings. The van der Waals surface area contributed by atoms with Crippen molar-refractivity contribution >= 4 is 17.5 Å². The van der Waals surface area contributed by atoms with E-state index in [-0.39, 0.29) is 29.3 Å². The summed E-state index contributed by atoms with van der Waals surface area (Å²) in [6, 6.07) is 13.9. The van der Waals surface area contributed by atoms with E-state index in [1.165, 1.54) is 12.1 Å². The third kappa shape index (κ3) is 3.79. The average Bonchev–Trinajstić information content (AvgIpc) is 3.37. The first-order valence-electron chi connectivity index (χ1n) is 7.93. The van der Waals surface area contributed by atoms with Gasteiger partial charge in [-0.25, -0.2) is 4.39 Å². The van der Waals surface area contributed by atoms with Crippen molar-refractivity contribution in [1.29, 1.82) is 0 Å². The van der Waals surface area contributed by atoms with Gasteiger partial charge in [-0.1, -0.05) is 42.0 Å². The summed E-state index contributed by atoms with van der Waals surface area (Å²) in [6.45, 7) is 2.45. The van der Waals surface area contributed by atoms with Gasteiger partial charge in [0, 0.05) is 6.54 Å². The molecule has 3 rings (SSSR count). The van der Waals surface area contributed by atoms with Gasteiger partial charge in [0.05, 0.1) is 17.5 Å². The lowest BCUT2D eigenvalue weighted by molar-refractivity contribution is -0.125. The lowest BCUT2D eigenvalue weighted by atomic mass is 10.1. The van der Waals surface area contributed by atoms with Gasteiger partial charge < -0.3 is 10.6 Å². The summed E-state index contributed by atoms with van der Waals surface area (Å²) in [5.41, 5.74) is 2.33. The Morgan fingerprint density at radius 1 is 1.04 bits per heavy atom. The predicted octanol–water partition coefficient (Wildman–Crippen LogP) is 3.03. The van der Waals surface area contributed by atoms with E-state index in [1.807, 2.05) is 31.2 Å². The fourth-order valence-electron chi connectivity index (χ4n) is 2.59. The number of hydrogen-bond donors (Lipinski definition) is 2. The van der Waals surface area contributed by atoms with Crippen molar-refractivity contribution in [2.45, 2.75) is 19.9 Å². The quantitative estimate of drug-likeness (QED) is 0.887. The van der Waals surface area contributed by atoms with Crippen LogP contribution in [0.1, 0.15) is 17.5 Å². The lowest BCUT2D eigenvalue weighted by Crippen LogP contribution is -2.27. The zero-order chi connectivity index (χ0) is 17.1. The first kappa shape index (κ1) is 16.2. The fraction of sp³-hybridized carbons (Fsp3) is 0.263. The number of nitrogens with one attached hydrogen (secondary N) is 2. The Hall–Kier alpha value is -2.69. The van der Waals surface area contributed by atoms with Gasteiger partial charge in [-0.15, -0.1) is 0 Å². The number of amides is 2. The van der Waals surface area contributed by atoms with Crippen LogP contribution in [0.25, 0.3) is 0 Å². The van der Waals surface area contributed by atoms with E-state index in [0.29, 0.717) is 13.0 Å². The van der Waals surface area contributed by atoms with Crippen molar-refractivity contribution in [1.82, 2.24) is 5.32 Å². The molecule has 0 heterocycles. The second-order valence-electron chi connectivity index (χ2n) is 6.12. The van der Waals surface area contributed by atoms with E-state index in [4.69, 9.17) is 0 Å². The van der Waals surface area contributed by atoms with Gasteiger partial charge in [0.25, 0.3) is 0 Å². The van der Waals surface area contributed by atoms with Crippen LogP contribution in [0.4, 0.5) is 10.1 Å². The Bertz CT molecular complexity index is 758. The highest BCUT2D eigenvalue weighted by molar-refractivity contribution is 5.99. The molecule has 124 valence electrons. The molecule has 0 bridgehead atoms. The van der Waals surface area contributed by atoms with Crippen molar-refractivity contribution in [2.75, 3.05) is 5.32 Å². The summed E-state index contributed by atoms with van der Waals surface area (Å²) in [7, 11) is 0. The molecule has 0 aliphatic heterocycles. The van der Waals surface area contributed by atoms with Crippen molar-refractivity contribution in [3.8, 4) is 0 Å². The second kappa shape index (κ2) is 6.83. The van der Waals surface area contributed by atoms with Crippen LogP contribution in [0, 0.1) is 24.6 Å². The Kier molecular flexibility index (Phi) is 4.60. The number of carbonyl (C=O) groups excluding carboxylic acids is 2. The minimum Gasteiger partial charge on any atom is -0.352 e. The third-order valence-corrected chi connectivity index (χ3v) is 4.18. The number of benzene rings is 2. The first-order chi connectivity index (χ1) is 11.5. The smallest absolute Gasteiger partial charge is 0.228 e. The van der Waals surface area contributed by atoms with E-state index >= 15 is 0 Å². The molecular formula is C19H19FN2O2. The van der Waals surface area contributed by atoms with Crippen molar-refractivity contribution in [2.24, 2.45) is 11.8 Å². The van der Waals surface area contributed by atoms with Gasteiger partial charge in [0.15, 0.2) is 0 Å². The largest absolute Gasteiger partial charge is 0.352 e. The van der Waals surface area contributed by atoms with Crippen LogP contribution in [0.3, 0.4) is 0 Å². The zero-order valence-electron chi connectivity index (χ0n) is 13.4. The van der Waals surface area contributed by atoms with Crippen molar-refractivity contribution < 1.29 is 14.0 Å². The second-order valence-corrected chi connectivity index (χ2v) is 6.12. The molecule has 2 atom stereocenters. The molecule has 4 nitrogen and oxygen atoms in total. The Morgan fingerprint density at radius 2 is 1.71 bits per heavy atom. The summed E-state index contributed by atoms with van der Waals surface area (Å²) in [5.74, 6) is -1.64. The Morgan fingerprint density at radius 3 is 2.42 bits per heavy atom. The first-order valence-corrected chi connectivity index (χ1v) is 7.93. The summed E-state index contributed by atoms with van der Waals surface area (Å²) < 4.78 is 13.5. The molecule has 0 aromatic heterocycles. The number of rotatable bonds is 5. The molecule has 0 saturated heterocycles. The molecule has 2 N–H and O–H groups in total. The number of hydrogen-bond acceptors (Lipinski definition) is 2. The topological polar surface area (TPSA) is 58.2 Å². The van der Waals surface area contributed by atoms with Crippen LogP contribution in [-0.4, -0.2) is 11.8 Å². The van der Waals surface area contributed by atoms with Gasteiger partial charge in [0.1, 0.15) is 5.82 Å². The molecule has 24 heavy (non-hydrogen) atoms. The summed E-state index contributed by atoms with van der Waals surface area (Å²) in [4.78, 5) is 24.2. The van der Waals surface area contributed by atoms with Crippen molar-refractivity contribution in [3.63, 3.8) is 0 Å². The van der Waals surface area contributed by atoms with Gasteiger partial charge in [-0.05, 0) is 31.0 Å². The highest BCUT2D eigenvalue weighted by Gasteiger charge is 2.48. The molecule has 2 aromatic rings. The van der Waals surface area contributed by atoms with E-state index in [2.05, 4.69) is 10.6 Å². The molecule has 5 heteroatoms. The lowest BCUT2D eigenvalue weighted by Gasteiger charge is -2.07. The predicted molar refractivity (Wildman–Crippen MR) is 89.7 cm³/mol. The zero-order valence-corrected chi connectivity index (χ0v) is 13.4. The summed E-state index contributed by atoms with van der Waals surface area (Å²) >= 11 is 0. The Labute approximate surface area is 140 Å². The molecular weight excluding hydrogens is 307 g/mol. The van der Waals surface area contributed by atoms with E-state index in [9.17, 15) is 14.0 Å². The maximum atomic E-state index is 13.5. The fourth-order valence-corrected chi connectivity index (χ4v) is 2.59. The third-order valence-electron chi connectivity index (χ3n) is 4.18. The minimum atomic E-state index is -0.480. The number of para-hydroxylation sites is 1. The van der Waals surface area contributed by atoms with E-state index in [0.717, 1.165) is 11.1 Å². The average molecular weight is 326 g/mol. The van der Waals surface area contributed by atoms with Gasteiger partial charge in [0.2, 0.25) is 11.8 Å². The highest BCUT2D eigenvalue weighted by Crippen LogP contribution is 2.39. The highest BCUT2D eigenvalue weighted by atomic mass is 19.1. The minimum absolute atomic E-state index is 0.135. The molecule has 0 radical (unpaired) electrons. The maximum Gasteiger partial charge on any atom is 0.228 e. The Balaban J connectivity index is 1.49. The number of aryl methyl sites for hydroxylation is 1. The van der Waals surface area contributed by atoms with Crippen LogP contribution in [0.2, 0.25) is 0 Å². The van der Waals surface area contributed by atoms with Crippen LogP contribution >= 0.6 is 0 Å². The SMILES string of the molecule is Cc1ccc(CNC(=O)C2CC2C(=O)Nc2ccccc2F)cc1. The molecule has 2 unspecified atom stereocenters.